The number of benzene rings is 1. The van der Waals surface area contributed by atoms with Gasteiger partial charge in [0.1, 0.15) is 5.41 Å². The molecular formula is C13H12Br2N2O2. The molecule has 2 rings (SSSR count). The van der Waals surface area contributed by atoms with E-state index in [4.69, 9.17) is 4.74 Å². The number of para-hydroxylation sites is 1. The van der Waals surface area contributed by atoms with Gasteiger partial charge in [-0.25, -0.2) is 0 Å². The Kier molecular flexibility index (Phi) is 4.61. The van der Waals surface area contributed by atoms with E-state index in [0.717, 1.165) is 8.95 Å². The molecule has 19 heavy (non-hydrogen) atoms. The van der Waals surface area contributed by atoms with E-state index in [9.17, 15) is 10.1 Å². The van der Waals surface area contributed by atoms with Gasteiger partial charge < -0.3 is 10.1 Å². The first-order valence-electron chi connectivity index (χ1n) is 5.83. The zero-order valence-electron chi connectivity index (χ0n) is 10.1. The van der Waals surface area contributed by atoms with Crippen molar-refractivity contribution in [3.8, 4) is 6.07 Å². The zero-order valence-corrected chi connectivity index (χ0v) is 13.3. The summed E-state index contributed by atoms with van der Waals surface area (Å²) in [5.74, 6) is -0.272. The lowest BCUT2D eigenvalue weighted by atomic mass is 9.81. The number of nitrogens with one attached hydrogen (secondary N) is 1. The van der Waals surface area contributed by atoms with Crippen LogP contribution in [0.3, 0.4) is 0 Å². The Morgan fingerprint density at radius 2 is 1.89 bits per heavy atom. The molecule has 1 N–H and O–H groups in total. The number of amides is 1. The van der Waals surface area contributed by atoms with E-state index < -0.39 is 5.41 Å². The van der Waals surface area contributed by atoms with Crippen LogP contribution in [0.5, 0.6) is 0 Å². The second-order valence-electron chi connectivity index (χ2n) is 4.36. The van der Waals surface area contributed by atoms with Crippen LogP contribution in [0.2, 0.25) is 0 Å². The van der Waals surface area contributed by atoms with Crippen molar-refractivity contribution in [3.05, 3.63) is 27.1 Å². The molecule has 1 amide bonds. The Balaban J connectivity index is 2.23. The van der Waals surface area contributed by atoms with Crippen LogP contribution in [0.25, 0.3) is 0 Å². The van der Waals surface area contributed by atoms with Gasteiger partial charge in [-0.2, -0.15) is 5.26 Å². The number of ether oxygens (including phenoxy) is 1. The van der Waals surface area contributed by atoms with Crippen molar-refractivity contribution in [3.63, 3.8) is 0 Å². The first-order chi connectivity index (χ1) is 9.09. The number of carbonyl (C=O) groups is 1. The number of anilines is 1. The molecule has 0 radical (unpaired) electrons. The van der Waals surface area contributed by atoms with Gasteiger partial charge in [-0.1, -0.05) is 6.07 Å². The summed E-state index contributed by atoms with van der Waals surface area (Å²) < 4.78 is 6.77. The van der Waals surface area contributed by atoms with E-state index in [2.05, 4.69) is 43.2 Å². The number of nitrogens with zero attached hydrogens (tertiary/aromatic N) is 1. The van der Waals surface area contributed by atoms with Gasteiger partial charge >= 0.3 is 0 Å². The maximum atomic E-state index is 12.4. The summed E-state index contributed by atoms with van der Waals surface area (Å²) in [5, 5.41) is 12.2. The molecule has 0 atom stereocenters. The van der Waals surface area contributed by atoms with E-state index >= 15 is 0 Å². The lowest BCUT2D eigenvalue weighted by Crippen LogP contribution is -2.40. The van der Waals surface area contributed by atoms with Gasteiger partial charge in [0.15, 0.2) is 0 Å². The lowest BCUT2D eigenvalue weighted by Gasteiger charge is -2.29. The summed E-state index contributed by atoms with van der Waals surface area (Å²) in [7, 11) is 0. The van der Waals surface area contributed by atoms with Crippen molar-refractivity contribution < 1.29 is 9.53 Å². The normalized spacial score (nSPS) is 17.5. The molecule has 1 saturated heterocycles. The minimum absolute atomic E-state index is 0.272. The van der Waals surface area contributed by atoms with E-state index in [1.807, 2.05) is 18.2 Å². The monoisotopic (exact) mass is 386 g/mol. The highest BCUT2D eigenvalue weighted by Gasteiger charge is 2.40. The predicted octanol–water partition coefficient (Wildman–Crippen LogP) is 3.47. The molecule has 1 aromatic carbocycles. The van der Waals surface area contributed by atoms with Crippen molar-refractivity contribution in [1.82, 2.24) is 0 Å². The zero-order chi connectivity index (χ0) is 13.9. The van der Waals surface area contributed by atoms with Crippen LogP contribution in [0.1, 0.15) is 12.8 Å². The van der Waals surface area contributed by atoms with Crippen molar-refractivity contribution in [2.45, 2.75) is 12.8 Å². The Morgan fingerprint density at radius 1 is 1.32 bits per heavy atom. The van der Waals surface area contributed by atoms with Crippen LogP contribution in [0.15, 0.2) is 27.1 Å². The molecule has 0 aromatic heterocycles. The molecular weight excluding hydrogens is 376 g/mol. The molecule has 1 aliphatic heterocycles. The molecule has 0 bridgehead atoms. The summed E-state index contributed by atoms with van der Waals surface area (Å²) in [6, 6.07) is 7.69. The van der Waals surface area contributed by atoms with Gasteiger partial charge in [0, 0.05) is 22.2 Å². The van der Waals surface area contributed by atoms with Crippen LogP contribution >= 0.6 is 31.9 Å². The Bertz CT molecular complexity index is 514. The average molecular weight is 388 g/mol. The number of hydrogen-bond donors (Lipinski definition) is 1. The number of halogens is 2. The van der Waals surface area contributed by atoms with E-state index in [-0.39, 0.29) is 5.91 Å². The smallest absolute Gasteiger partial charge is 0.245 e. The van der Waals surface area contributed by atoms with Crippen molar-refractivity contribution in [1.29, 1.82) is 5.26 Å². The third-order valence-corrected chi connectivity index (χ3v) is 4.52. The summed E-state index contributed by atoms with van der Waals surface area (Å²) in [6.07, 6.45) is 0.856. The van der Waals surface area contributed by atoms with Crippen molar-refractivity contribution in [2.75, 3.05) is 18.5 Å². The highest BCUT2D eigenvalue weighted by atomic mass is 79.9. The second kappa shape index (κ2) is 6.04. The minimum Gasteiger partial charge on any atom is -0.381 e. The summed E-state index contributed by atoms with van der Waals surface area (Å²) in [4.78, 5) is 12.4. The molecule has 1 heterocycles. The Labute approximate surface area is 128 Å². The van der Waals surface area contributed by atoms with Gasteiger partial charge in [-0.15, -0.1) is 0 Å². The summed E-state index contributed by atoms with van der Waals surface area (Å²) in [6.45, 7) is 0.885. The minimum atomic E-state index is -0.993. The second-order valence-corrected chi connectivity index (χ2v) is 6.07. The quantitative estimate of drug-likeness (QED) is 0.844. The number of nitriles is 1. The largest absolute Gasteiger partial charge is 0.381 e. The Morgan fingerprint density at radius 3 is 2.42 bits per heavy atom. The molecule has 0 aliphatic carbocycles. The molecule has 1 aliphatic rings. The van der Waals surface area contributed by atoms with Crippen molar-refractivity contribution >= 4 is 43.5 Å². The summed E-state index contributed by atoms with van der Waals surface area (Å²) >= 11 is 6.77. The maximum absolute atomic E-state index is 12.4. The highest BCUT2D eigenvalue weighted by molar-refractivity contribution is 9.11. The fourth-order valence-corrected chi connectivity index (χ4v) is 3.16. The molecule has 0 unspecified atom stereocenters. The van der Waals surface area contributed by atoms with Crippen LogP contribution in [-0.4, -0.2) is 19.1 Å². The SMILES string of the molecule is N#CC1(C(=O)Nc2c(Br)cccc2Br)CCOCC1. The number of carbonyl (C=O) groups excluding carboxylic acids is 1. The van der Waals surface area contributed by atoms with Gasteiger partial charge in [0.05, 0.1) is 11.8 Å². The lowest BCUT2D eigenvalue weighted by molar-refractivity contribution is -0.126. The third-order valence-electron chi connectivity index (χ3n) is 3.20. The fraction of sp³-hybridized carbons (Fsp3) is 0.385. The molecule has 6 heteroatoms. The van der Waals surface area contributed by atoms with Gasteiger partial charge in [-0.05, 0) is 56.8 Å². The average Bonchev–Trinajstić information content (AvgIpc) is 2.43. The van der Waals surface area contributed by atoms with Gasteiger partial charge in [0.25, 0.3) is 0 Å². The first kappa shape index (κ1) is 14.5. The van der Waals surface area contributed by atoms with Gasteiger partial charge in [-0.3, -0.25) is 4.79 Å². The molecule has 1 aromatic rings. The predicted molar refractivity (Wildman–Crippen MR) is 78.6 cm³/mol. The van der Waals surface area contributed by atoms with E-state index in [1.54, 1.807) is 0 Å². The summed E-state index contributed by atoms with van der Waals surface area (Å²) in [5.41, 5.74) is -0.346. The van der Waals surface area contributed by atoms with Crippen LogP contribution < -0.4 is 5.32 Å². The van der Waals surface area contributed by atoms with E-state index in [1.165, 1.54) is 0 Å². The molecule has 0 spiro atoms. The van der Waals surface area contributed by atoms with Crippen LogP contribution in [0.4, 0.5) is 5.69 Å². The number of hydrogen-bond acceptors (Lipinski definition) is 3. The van der Waals surface area contributed by atoms with Crippen molar-refractivity contribution in [2.24, 2.45) is 5.41 Å². The molecule has 1 fully saturated rings. The topological polar surface area (TPSA) is 62.1 Å². The van der Waals surface area contributed by atoms with Crippen LogP contribution in [0, 0.1) is 16.7 Å². The molecule has 4 nitrogen and oxygen atoms in total. The highest BCUT2D eigenvalue weighted by Crippen LogP contribution is 2.35. The molecule has 100 valence electrons. The first-order valence-corrected chi connectivity index (χ1v) is 7.42. The standard InChI is InChI=1S/C13H12Br2N2O2/c14-9-2-1-3-10(15)11(9)17-12(18)13(8-16)4-6-19-7-5-13/h1-3H,4-7H2,(H,17,18). The van der Waals surface area contributed by atoms with Crippen LogP contribution in [-0.2, 0) is 9.53 Å². The fourth-order valence-electron chi connectivity index (χ4n) is 1.96. The molecule has 0 saturated carbocycles. The van der Waals surface area contributed by atoms with Gasteiger partial charge in [0.2, 0.25) is 5.91 Å². The Hall–Kier alpha value is -0.900. The maximum Gasteiger partial charge on any atom is 0.245 e. The van der Waals surface area contributed by atoms with E-state index in [0.29, 0.717) is 31.7 Å². The third kappa shape index (κ3) is 2.99. The number of rotatable bonds is 2.